The van der Waals surface area contributed by atoms with Crippen molar-refractivity contribution in [2.24, 2.45) is 5.41 Å². The Morgan fingerprint density at radius 2 is 1.71 bits per heavy atom. The Labute approximate surface area is 217 Å². The number of alkyl halides is 3. The minimum absolute atomic E-state index is 0.00131. The van der Waals surface area contributed by atoms with E-state index in [0.717, 1.165) is 29.8 Å². The maximum absolute atomic E-state index is 13.7. The van der Waals surface area contributed by atoms with Crippen LogP contribution in [0.1, 0.15) is 98.4 Å². The molecule has 0 radical (unpaired) electrons. The van der Waals surface area contributed by atoms with Crippen LogP contribution >= 0.6 is 0 Å². The van der Waals surface area contributed by atoms with Crippen LogP contribution in [-0.2, 0) is 10.2 Å². The van der Waals surface area contributed by atoms with Gasteiger partial charge in [0.15, 0.2) is 5.65 Å². The van der Waals surface area contributed by atoms with Gasteiger partial charge in [0.25, 0.3) is 5.56 Å². The van der Waals surface area contributed by atoms with E-state index < -0.39 is 17.0 Å². The van der Waals surface area contributed by atoms with E-state index in [0.29, 0.717) is 35.5 Å². The lowest BCUT2D eigenvalue weighted by molar-refractivity contribution is -0.337. The van der Waals surface area contributed by atoms with E-state index >= 15 is 0 Å². The van der Waals surface area contributed by atoms with Crippen LogP contribution in [-0.4, -0.2) is 36.8 Å². The zero-order valence-corrected chi connectivity index (χ0v) is 21.7. The molecule has 38 heavy (non-hydrogen) atoms. The van der Waals surface area contributed by atoms with Crippen LogP contribution in [0.25, 0.3) is 11.2 Å². The third-order valence-corrected chi connectivity index (χ3v) is 9.24. The molecule has 1 saturated heterocycles. The van der Waals surface area contributed by atoms with E-state index in [1.165, 1.54) is 0 Å². The van der Waals surface area contributed by atoms with Gasteiger partial charge in [-0.2, -0.15) is 13.2 Å². The molecule has 0 N–H and O–H groups in total. The molecule has 8 rings (SSSR count). The SMILES string of the molecule is Cc1nc2nc(C3C[C@@H](C)O[C@@H](c4ccc(=O)n(C5CC5)c4)C3)nc(C34CC(C(F)(F)F)(C3)C4)c2nc1C. The first-order chi connectivity index (χ1) is 18.0. The molecule has 1 aliphatic heterocycles. The fourth-order valence-electron chi connectivity index (χ4n) is 6.94. The van der Waals surface area contributed by atoms with Crippen molar-refractivity contribution in [1.82, 2.24) is 24.5 Å². The van der Waals surface area contributed by atoms with Crippen LogP contribution in [0, 0.1) is 19.3 Å². The number of halogens is 3. The van der Waals surface area contributed by atoms with Gasteiger partial charge in [0.2, 0.25) is 0 Å². The summed E-state index contributed by atoms with van der Waals surface area (Å²) in [5.74, 6) is 0.548. The van der Waals surface area contributed by atoms with Gasteiger partial charge in [0.05, 0.1) is 34.7 Å². The minimum atomic E-state index is -4.20. The Hall–Kier alpha value is -2.88. The molecule has 5 aliphatic rings. The van der Waals surface area contributed by atoms with Gasteiger partial charge in [0, 0.05) is 29.6 Å². The second kappa shape index (κ2) is 7.83. The van der Waals surface area contributed by atoms with Gasteiger partial charge in [0.1, 0.15) is 11.3 Å². The summed E-state index contributed by atoms with van der Waals surface area (Å²) in [6, 6.07) is 3.71. The Morgan fingerprint density at radius 3 is 2.39 bits per heavy atom. The van der Waals surface area contributed by atoms with Gasteiger partial charge < -0.3 is 9.30 Å². The van der Waals surface area contributed by atoms with E-state index in [9.17, 15) is 18.0 Å². The van der Waals surface area contributed by atoms with Gasteiger partial charge in [-0.15, -0.1) is 0 Å². The number of rotatable bonds is 4. The van der Waals surface area contributed by atoms with E-state index in [-0.39, 0.29) is 49.0 Å². The highest BCUT2D eigenvalue weighted by Gasteiger charge is 2.79. The molecule has 1 unspecified atom stereocenters. The molecule has 3 atom stereocenters. The predicted molar refractivity (Wildman–Crippen MR) is 133 cm³/mol. The normalized spacial score (nSPS) is 32.6. The highest BCUT2D eigenvalue weighted by molar-refractivity contribution is 5.75. The summed E-state index contributed by atoms with van der Waals surface area (Å²) in [6.07, 6.45) is 0.928. The van der Waals surface area contributed by atoms with Crippen LogP contribution in [0.5, 0.6) is 0 Å². The molecule has 0 amide bonds. The molecule has 0 spiro atoms. The summed E-state index contributed by atoms with van der Waals surface area (Å²) in [6.45, 7) is 5.73. The largest absolute Gasteiger partial charge is 0.394 e. The molecule has 2 bridgehead atoms. The molecule has 7 nitrogen and oxygen atoms in total. The first kappa shape index (κ1) is 24.2. The summed E-state index contributed by atoms with van der Waals surface area (Å²) in [5.41, 5.74) is 1.84. The quantitative estimate of drug-likeness (QED) is 0.445. The fraction of sp³-hybridized carbons (Fsp3) is 0.607. The fourth-order valence-corrected chi connectivity index (χ4v) is 6.94. The minimum Gasteiger partial charge on any atom is -0.370 e. The van der Waals surface area contributed by atoms with Crippen molar-refractivity contribution >= 4 is 11.2 Å². The lowest BCUT2D eigenvalue weighted by atomic mass is 9.34. The van der Waals surface area contributed by atoms with Crippen LogP contribution in [0.3, 0.4) is 0 Å². The molecule has 5 fully saturated rings. The number of hydrogen-bond acceptors (Lipinski definition) is 6. The average molecular weight is 526 g/mol. The predicted octanol–water partition coefficient (Wildman–Crippen LogP) is 5.54. The highest BCUT2D eigenvalue weighted by Crippen LogP contribution is 2.78. The van der Waals surface area contributed by atoms with Crippen LogP contribution in [0.2, 0.25) is 0 Å². The number of nitrogens with zero attached hydrogens (tertiary/aromatic N) is 5. The maximum Gasteiger partial charge on any atom is 0.394 e. The Balaban J connectivity index is 1.26. The first-order valence-electron chi connectivity index (χ1n) is 13.4. The molecule has 10 heteroatoms. The summed E-state index contributed by atoms with van der Waals surface area (Å²) in [4.78, 5) is 31.5. The Morgan fingerprint density at radius 1 is 1.00 bits per heavy atom. The Bertz CT molecular complexity index is 1510. The molecule has 4 aliphatic carbocycles. The second-order valence-electron chi connectivity index (χ2n) is 12.1. The third-order valence-electron chi connectivity index (χ3n) is 9.24. The zero-order valence-electron chi connectivity index (χ0n) is 21.7. The van der Waals surface area contributed by atoms with Crippen molar-refractivity contribution < 1.29 is 17.9 Å². The topological polar surface area (TPSA) is 82.8 Å². The van der Waals surface area contributed by atoms with E-state index in [1.807, 2.05) is 33.0 Å². The van der Waals surface area contributed by atoms with Crippen LogP contribution in [0.4, 0.5) is 13.2 Å². The second-order valence-corrected chi connectivity index (χ2v) is 12.1. The Kier molecular flexibility index (Phi) is 4.98. The monoisotopic (exact) mass is 525 g/mol. The lowest BCUT2D eigenvalue weighted by Gasteiger charge is -2.70. The summed E-state index contributed by atoms with van der Waals surface area (Å²) >= 11 is 0. The van der Waals surface area contributed by atoms with Gasteiger partial charge in [-0.25, -0.2) is 19.9 Å². The van der Waals surface area contributed by atoms with Gasteiger partial charge in [-0.1, -0.05) is 0 Å². The smallest absolute Gasteiger partial charge is 0.370 e. The van der Waals surface area contributed by atoms with Crippen molar-refractivity contribution in [3.8, 4) is 0 Å². The zero-order chi connectivity index (χ0) is 26.6. The molecule has 3 aromatic rings. The standard InChI is InChI=1S/C28H30F3N5O2/c1-14-8-18(9-20(38-14)17-4-7-21(37)36(10-17)19-5-6-19)24-34-23(22-25(35-24)33-16(3)15(2)32-22)26-11-27(12-26,13-26)28(29,30)31/h4,7,10,14,18-20H,5-6,8-9,11-13H2,1-3H3/t14-,18?,20-,26?,27?/m1/s1. The average Bonchev–Trinajstić information content (AvgIpc) is 3.62. The van der Waals surface area contributed by atoms with Gasteiger partial charge in [-0.05, 0) is 77.3 Å². The van der Waals surface area contributed by atoms with Crippen molar-refractivity contribution in [3.63, 3.8) is 0 Å². The molecule has 0 aromatic carbocycles. The summed E-state index contributed by atoms with van der Waals surface area (Å²) < 4.78 is 49.1. The van der Waals surface area contributed by atoms with Crippen molar-refractivity contribution in [1.29, 1.82) is 0 Å². The van der Waals surface area contributed by atoms with Gasteiger partial charge >= 0.3 is 6.18 Å². The summed E-state index contributed by atoms with van der Waals surface area (Å²) in [5, 5.41) is 0. The van der Waals surface area contributed by atoms with Gasteiger partial charge in [-0.3, -0.25) is 4.79 Å². The summed E-state index contributed by atoms with van der Waals surface area (Å²) in [7, 11) is 0. The molecule has 200 valence electrons. The molecule has 4 saturated carbocycles. The molecular formula is C28H30F3N5O2. The number of hydrogen-bond donors (Lipinski definition) is 0. The number of ether oxygens (including phenoxy) is 1. The molecular weight excluding hydrogens is 495 g/mol. The van der Waals surface area contributed by atoms with E-state index in [1.54, 1.807) is 10.6 Å². The van der Waals surface area contributed by atoms with Crippen LogP contribution in [0.15, 0.2) is 23.1 Å². The number of pyridine rings is 1. The van der Waals surface area contributed by atoms with Crippen molar-refractivity contribution in [2.75, 3.05) is 0 Å². The number of aryl methyl sites for hydroxylation is 2. The lowest BCUT2D eigenvalue weighted by Crippen LogP contribution is -2.70. The number of fused-ring (bicyclic) bond motifs is 1. The first-order valence-corrected chi connectivity index (χ1v) is 13.4. The molecule has 4 heterocycles. The van der Waals surface area contributed by atoms with E-state index in [4.69, 9.17) is 19.7 Å². The van der Waals surface area contributed by atoms with Crippen molar-refractivity contribution in [3.05, 3.63) is 57.2 Å². The number of aromatic nitrogens is 5. The van der Waals surface area contributed by atoms with Crippen LogP contribution < -0.4 is 5.56 Å². The van der Waals surface area contributed by atoms with Crippen molar-refractivity contribution in [2.45, 2.75) is 101 Å². The highest BCUT2D eigenvalue weighted by atomic mass is 19.4. The van der Waals surface area contributed by atoms with E-state index in [2.05, 4.69) is 4.98 Å². The molecule has 3 aromatic heterocycles. The maximum atomic E-state index is 13.7. The third kappa shape index (κ3) is 3.55.